The number of likely N-dealkylation sites (tertiary alicyclic amines) is 1. The van der Waals surface area contributed by atoms with E-state index in [1.807, 2.05) is 0 Å². The Morgan fingerprint density at radius 2 is 2.18 bits per heavy atom. The van der Waals surface area contributed by atoms with Crippen LogP contribution in [0.5, 0.6) is 5.75 Å². The number of hydrogen-bond acceptors (Lipinski definition) is 5. The molecule has 1 atom stereocenters. The summed E-state index contributed by atoms with van der Waals surface area (Å²) in [5, 5.41) is 28.5. The molecule has 1 aliphatic rings. The second-order valence-corrected chi connectivity index (χ2v) is 5.92. The summed E-state index contributed by atoms with van der Waals surface area (Å²) in [6, 6.07) is 1.08. The molecule has 3 N–H and O–H groups in total. The number of rotatable bonds is 5. The third kappa shape index (κ3) is 3.66. The molecule has 0 saturated carbocycles. The first-order chi connectivity index (χ1) is 10.4. The van der Waals surface area contributed by atoms with Gasteiger partial charge in [0.15, 0.2) is 5.75 Å². The van der Waals surface area contributed by atoms with E-state index >= 15 is 0 Å². The van der Waals surface area contributed by atoms with Crippen LogP contribution in [0.2, 0.25) is 0 Å². The average molecular weight is 310 g/mol. The fourth-order valence-electron chi connectivity index (χ4n) is 3.01. The fourth-order valence-corrected chi connectivity index (χ4v) is 3.01. The van der Waals surface area contributed by atoms with E-state index < -0.39 is 30.3 Å². The van der Waals surface area contributed by atoms with Crippen LogP contribution in [0.4, 0.5) is 0 Å². The molecule has 122 valence electrons. The van der Waals surface area contributed by atoms with Crippen LogP contribution in [0.3, 0.4) is 0 Å². The molecule has 2 rings (SSSR count). The van der Waals surface area contributed by atoms with Crippen molar-refractivity contribution in [1.82, 2.24) is 9.47 Å². The van der Waals surface area contributed by atoms with Crippen LogP contribution in [0, 0.1) is 5.92 Å². The van der Waals surface area contributed by atoms with Crippen molar-refractivity contribution in [3.63, 3.8) is 0 Å². The van der Waals surface area contributed by atoms with Gasteiger partial charge in [-0.3, -0.25) is 14.5 Å². The molecule has 0 amide bonds. The Bertz CT molecular complexity index is 611. The van der Waals surface area contributed by atoms with E-state index in [1.165, 1.54) is 4.57 Å². The van der Waals surface area contributed by atoms with E-state index in [0.29, 0.717) is 12.5 Å². The molecule has 1 fully saturated rings. The Kier molecular flexibility index (Phi) is 5.20. The maximum Gasteiger partial charge on any atom is 0.323 e. The maximum atomic E-state index is 11.8. The van der Waals surface area contributed by atoms with Crippen LogP contribution < -0.4 is 5.43 Å². The third-order valence-corrected chi connectivity index (χ3v) is 4.05. The molecule has 1 unspecified atom stereocenters. The molecule has 7 nitrogen and oxygen atoms in total. The Morgan fingerprint density at radius 3 is 2.77 bits per heavy atom. The molecule has 0 bridgehead atoms. The van der Waals surface area contributed by atoms with Crippen molar-refractivity contribution >= 4 is 5.97 Å². The molecule has 0 aliphatic carbocycles. The van der Waals surface area contributed by atoms with Gasteiger partial charge in [-0.1, -0.05) is 6.92 Å². The van der Waals surface area contributed by atoms with Crippen molar-refractivity contribution in [3.8, 4) is 5.75 Å². The lowest BCUT2D eigenvalue weighted by atomic mass is 10.00. The summed E-state index contributed by atoms with van der Waals surface area (Å²) in [4.78, 5) is 25.0. The van der Waals surface area contributed by atoms with Gasteiger partial charge < -0.3 is 19.9 Å². The fraction of sp³-hybridized carbons (Fsp3) is 0.600. The summed E-state index contributed by atoms with van der Waals surface area (Å²) in [7, 11) is 0. The number of carboxylic acid groups (broad SMARTS) is 1. The molecule has 0 spiro atoms. The van der Waals surface area contributed by atoms with Gasteiger partial charge in [-0.25, -0.2) is 0 Å². The minimum atomic E-state index is -1.09. The van der Waals surface area contributed by atoms with Gasteiger partial charge in [0.1, 0.15) is 6.54 Å². The Labute approximate surface area is 128 Å². The van der Waals surface area contributed by atoms with Crippen molar-refractivity contribution in [3.05, 3.63) is 27.7 Å². The minimum Gasteiger partial charge on any atom is -0.503 e. The molecule has 1 aromatic heterocycles. The topological polar surface area (TPSA) is 103 Å². The largest absolute Gasteiger partial charge is 0.503 e. The smallest absolute Gasteiger partial charge is 0.323 e. The number of nitrogens with zero attached hydrogens (tertiary/aromatic N) is 2. The van der Waals surface area contributed by atoms with Gasteiger partial charge in [0, 0.05) is 24.8 Å². The summed E-state index contributed by atoms with van der Waals surface area (Å²) >= 11 is 0. The highest BCUT2D eigenvalue weighted by atomic mass is 16.4. The van der Waals surface area contributed by atoms with Gasteiger partial charge in [0.05, 0.1) is 12.3 Å². The Morgan fingerprint density at radius 1 is 1.45 bits per heavy atom. The van der Waals surface area contributed by atoms with Gasteiger partial charge in [0.2, 0.25) is 5.43 Å². The standard InChI is InChI=1S/C15H22N2O5/c1-10-3-2-4-16(6-10)7-12-15(22)13(19)5-11(9-18)17(12)8-14(20)21/h5,10,18,22H,2-4,6-9H2,1H3,(H,20,21). The minimum absolute atomic E-state index is 0.199. The van der Waals surface area contributed by atoms with Crippen molar-refractivity contribution in [1.29, 1.82) is 0 Å². The SMILES string of the molecule is CC1CCCN(Cc2c(O)c(=O)cc(CO)n2CC(=O)O)C1. The molecule has 1 aromatic rings. The van der Waals surface area contributed by atoms with Crippen LogP contribution in [-0.2, 0) is 24.5 Å². The lowest BCUT2D eigenvalue weighted by Crippen LogP contribution is -2.35. The zero-order valence-corrected chi connectivity index (χ0v) is 12.7. The van der Waals surface area contributed by atoms with Crippen LogP contribution >= 0.6 is 0 Å². The number of pyridine rings is 1. The quantitative estimate of drug-likeness (QED) is 0.726. The molecule has 0 aromatic carbocycles. The molecule has 7 heteroatoms. The zero-order chi connectivity index (χ0) is 16.3. The molecular weight excluding hydrogens is 288 g/mol. The van der Waals surface area contributed by atoms with Gasteiger partial charge >= 0.3 is 5.97 Å². The highest BCUT2D eigenvalue weighted by molar-refractivity contribution is 5.67. The number of aromatic hydroxyl groups is 1. The van der Waals surface area contributed by atoms with Crippen LogP contribution in [0.1, 0.15) is 31.2 Å². The van der Waals surface area contributed by atoms with Gasteiger partial charge in [-0.2, -0.15) is 0 Å². The number of carbonyl (C=O) groups is 1. The highest BCUT2D eigenvalue weighted by Crippen LogP contribution is 2.22. The number of piperidine rings is 1. The van der Waals surface area contributed by atoms with Gasteiger partial charge in [-0.05, 0) is 25.3 Å². The summed E-state index contributed by atoms with van der Waals surface area (Å²) < 4.78 is 1.32. The van der Waals surface area contributed by atoms with Crippen molar-refractivity contribution in [2.45, 2.75) is 39.5 Å². The van der Waals surface area contributed by atoms with E-state index in [9.17, 15) is 19.8 Å². The molecule has 0 radical (unpaired) electrons. The maximum absolute atomic E-state index is 11.8. The normalized spacial score (nSPS) is 19.3. The third-order valence-electron chi connectivity index (χ3n) is 4.05. The number of hydrogen-bond donors (Lipinski definition) is 3. The number of aromatic nitrogens is 1. The number of aliphatic hydroxyl groups excluding tert-OH is 1. The predicted molar refractivity (Wildman–Crippen MR) is 79.6 cm³/mol. The molecule has 22 heavy (non-hydrogen) atoms. The first-order valence-electron chi connectivity index (χ1n) is 7.42. The van der Waals surface area contributed by atoms with E-state index in [4.69, 9.17) is 5.11 Å². The first-order valence-corrected chi connectivity index (χ1v) is 7.42. The number of aliphatic hydroxyl groups is 1. The van der Waals surface area contributed by atoms with Crippen molar-refractivity contribution in [2.24, 2.45) is 5.92 Å². The van der Waals surface area contributed by atoms with Crippen LogP contribution in [0.25, 0.3) is 0 Å². The lowest BCUT2D eigenvalue weighted by Gasteiger charge is -2.32. The van der Waals surface area contributed by atoms with Crippen molar-refractivity contribution < 1.29 is 20.1 Å². The molecule has 2 heterocycles. The van der Waals surface area contributed by atoms with E-state index in [-0.39, 0.29) is 11.4 Å². The Balaban J connectivity index is 2.40. The Hall–Kier alpha value is -1.86. The zero-order valence-electron chi connectivity index (χ0n) is 12.7. The average Bonchev–Trinajstić information content (AvgIpc) is 2.46. The second kappa shape index (κ2) is 6.93. The highest BCUT2D eigenvalue weighted by Gasteiger charge is 2.22. The number of aliphatic carboxylic acids is 1. The van der Waals surface area contributed by atoms with Gasteiger partial charge in [0.25, 0.3) is 0 Å². The predicted octanol–water partition coefficient (Wildman–Crippen LogP) is 0.363. The van der Waals surface area contributed by atoms with E-state index in [0.717, 1.165) is 32.0 Å². The van der Waals surface area contributed by atoms with E-state index in [1.54, 1.807) is 0 Å². The summed E-state index contributed by atoms with van der Waals surface area (Å²) in [5.41, 5.74) is -0.135. The molecule has 1 saturated heterocycles. The summed E-state index contributed by atoms with van der Waals surface area (Å²) in [6.07, 6.45) is 2.17. The molecule has 1 aliphatic heterocycles. The van der Waals surface area contributed by atoms with E-state index in [2.05, 4.69) is 11.8 Å². The van der Waals surface area contributed by atoms with Crippen LogP contribution in [0.15, 0.2) is 10.9 Å². The second-order valence-electron chi connectivity index (χ2n) is 5.92. The van der Waals surface area contributed by atoms with Gasteiger partial charge in [-0.15, -0.1) is 0 Å². The lowest BCUT2D eigenvalue weighted by molar-refractivity contribution is -0.137. The van der Waals surface area contributed by atoms with Crippen molar-refractivity contribution in [2.75, 3.05) is 13.1 Å². The summed E-state index contributed by atoms with van der Waals surface area (Å²) in [5.74, 6) is -1.00. The molecular formula is C15H22N2O5. The van der Waals surface area contributed by atoms with Crippen LogP contribution in [-0.4, -0.2) is 43.8 Å². The summed E-state index contributed by atoms with van der Waals surface area (Å²) in [6.45, 7) is 3.26. The first kappa shape index (κ1) is 16.5. The number of carboxylic acids is 1. The monoisotopic (exact) mass is 310 g/mol.